The van der Waals surface area contributed by atoms with E-state index in [9.17, 15) is 0 Å². The van der Waals surface area contributed by atoms with Gasteiger partial charge in [-0.15, -0.1) is 0 Å². The molecule has 0 atom stereocenters. The van der Waals surface area contributed by atoms with Crippen LogP contribution in [0.5, 0.6) is 5.75 Å². The summed E-state index contributed by atoms with van der Waals surface area (Å²) in [5, 5.41) is 12.8. The highest BCUT2D eigenvalue weighted by Gasteiger charge is 2.06. The van der Waals surface area contributed by atoms with Crippen LogP contribution in [0.15, 0.2) is 36.5 Å². The van der Waals surface area contributed by atoms with Crippen LogP contribution in [0.25, 0.3) is 0 Å². The second-order valence-electron chi connectivity index (χ2n) is 3.82. The SMILES string of the molecule is COc1ccc(Cl)cc1NCc1cccnc1C#N. The van der Waals surface area contributed by atoms with Gasteiger partial charge in [-0.1, -0.05) is 17.7 Å². The third-order valence-corrected chi connectivity index (χ3v) is 2.86. The summed E-state index contributed by atoms with van der Waals surface area (Å²) in [5.74, 6) is 0.701. The van der Waals surface area contributed by atoms with E-state index in [1.165, 1.54) is 0 Å². The standard InChI is InChI=1S/C14H12ClN3O/c1-19-14-5-4-11(15)7-12(14)18-9-10-3-2-6-17-13(10)8-16/h2-7,18H,9H2,1H3. The van der Waals surface area contributed by atoms with E-state index < -0.39 is 0 Å². The molecule has 0 amide bonds. The fourth-order valence-electron chi connectivity index (χ4n) is 1.69. The number of benzene rings is 1. The van der Waals surface area contributed by atoms with E-state index >= 15 is 0 Å². The Hall–Kier alpha value is -2.25. The Bertz CT molecular complexity index is 622. The third-order valence-electron chi connectivity index (χ3n) is 2.63. The monoisotopic (exact) mass is 273 g/mol. The zero-order valence-corrected chi connectivity index (χ0v) is 11.1. The first-order chi connectivity index (χ1) is 9.24. The van der Waals surface area contributed by atoms with Crippen molar-refractivity contribution in [1.82, 2.24) is 4.98 Å². The molecule has 96 valence electrons. The summed E-state index contributed by atoms with van der Waals surface area (Å²) in [6.07, 6.45) is 1.60. The van der Waals surface area contributed by atoms with Crippen LogP contribution < -0.4 is 10.1 Å². The first-order valence-electron chi connectivity index (χ1n) is 5.66. The highest BCUT2D eigenvalue weighted by atomic mass is 35.5. The molecule has 1 N–H and O–H groups in total. The lowest BCUT2D eigenvalue weighted by molar-refractivity contribution is 0.416. The predicted octanol–water partition coefficient (Wildman–Crippen LogP) is 3.23. The van der Waals surface area contributed by atoms with E-state index in [2.05, 4.69) is 16.4 Å². The van der Waals surface area contributed by atoms with E-state index in [-0.39, 0.29) is 0 Å². The topological polar surface area (TPSA) is 57.9 Å². The number of hydrogen-bond donors (Lipinski definition) is 1. The van der Waals surface area contributed by atoms with Crippen molar-refractivity contribution in [3.63, 3.8) is 0 Å². The summed E-state index contributed by atoms with van der Waals surface area (Å²) in [5.41, 5.74) is 2.02. The lowest BCUT2D eigenvalue weighted by atomic mass is 10.2. The zero-order chi connectivity index (χ0) is 13.7. The average molecular weight is 274 g/mol. The molecule has 0 aliphatic rings. The molecule has 0 radical (unpaired) electrons. The molecule has 1 aromatic heterocycles. The number of hydrogen-bond acceptors (Lipinski definition) is 4. The van der Waals surface area contributed by atoms with Crippen LogP contribution in [0.4, 0.5) is 5.69 Å². The molecule has 2 aromatic rings. The quantitative estimate of drug-likeness (QED) is 0.929. The normalized spacial score (nSPS) is 9.74. The number of rotatable bonds is 4. The van der Waals surface area contributed by atoms with Crippen LogP contribution in [-0.4, -0.2) is 12.1 Å². The van der Waals surface area contributed by atoms with E-state index in [1.807, 2.05) is 6.07 Å². The van der Waals surface area contributed by atoms with E-state index in [4.69, 9.17) is 21.6 Å². The maximum atomic E-state index is 8.97. The largest absolute Gasteiger partial charge is 0.495 e. The second kappa shape index (κ2) is 6.07. The summed E-state index contributed by atoms with van der Waals surface area (Å²) < 4.78 is 5.24. The average Bonchev–Trinajstić information content (AvgIpc) is 2.45. The molecule has 5 heteroatoms. The van der Waals surface area contributed by atoms with Crippen LogP contribution in [0.1, 0.15) is 11.3 Å². The fourth-order valence-corrected chi connectivity index (χ4v) is 1.86. The van der Waals surface area contributed by atoms with Gasteiger partial charge in [0.25, 0.3) is 0 Å². The van der Waals surface area contributed by atoms with Gasteiger partial charge < -0.3 is 10.1 Å². The lowest BCUT2D eigenvalue weighted by Gasteiger charge is -2.11. The minimum Gasteiger partial charge on any atom is -0.495 e. The van der Waals surface area contributed by atoms with Crippen molar-refractivity contribution < 1.29 is 4.74 Å². The first-order valence-corrected chi connectivity index (χ1v) is 6.04. The van der Waals surface area contributed by atoms with Gasteiger partial charge in [0.15, 0.2) is 0 Å². The molecule has 1 aromatic carbocycles. The van der Waals surface area contributed by atoms with Crippen LogP contribution in [-0.2, 0) is 6.54 Å². The number of aromatic nitrogens is 1. The van der Waals surface area contributed by atoms with Gasteiger partial charge in [0, 0.05) is 23.3 Å². The van der Waals surface area contributed by atoms with E-state index in [0.717, 1.165) is 11.3 Å². The number of nitrogens with one attached hydrogen (secondary N) is 1. The number of anilines is 1. The number of ether oxygens (including phenoxy) is 1. The fraction of sp³-hybridized carbons (Fsp3) is 0.143. The van der Waals surface area contributed by atoms with Gasteiger partial charge in [0.1, 0.15) is 17.5 Å². The van der Waals surface area contributed by atoms with Crippen LogP contribution >= 0.6 is 11.6 Å². The van der Waals surface area contributed by atoms with Crippen molar-refractivity contribution in [2.45, 2.75) is 6.54 Å². The van der Waals surface area contributed by atoms with Crippen molar-refractivity contribution in [1.29, 1.82) is 5.26 Å². The number of nitriles is 1. The summed E-state index contributed by atoms with van der Waals surface area (Å²) in [4.78, 5) is 4.01. The van der Waals surface area contributed by atoms with Gasteiger partial charge in [-0.3, -0.25) is 0 Å². The molecule has 0 unspecified atom stereocenters. The Morgan fingerprint density at radius 3 is 3.00 bits per heavy atom. The third kappa shape index (κ3) is 3.15. The van der Waals surface area contributed by atoms with Crippen LogP contribution in [0, 0.1) is 11.3 Å². The van der Waals surface area contributed by atoms with Crippen molar-refractivity contribution in [2.24, 2.45) is 0 Å². The maximum absolute atomic E-state index is 8.97. The molecular formula is C14H12ClN3O. The number of nitrogens with zero attached hydrogens (tertiary/aromatic N) is 2. The molecule has 0 fully saturated rings. The Kier molecular flexibility index (Phi) is 4.22. The zero-order valence-electron chi connectivity index (χ0n) is 10.4. The minimum absolute atomic E-state index is 0.413. The van der Waals surface area contributed by atoms with Crippen LogP contribution in [0.2, 0.25) is 5.02 Å². The lowest BCUT2D eigenvalue weighted by Crippen LogP contribution is -2.04. The minimum atomic E-state index is 0.413. The maximum Gasteiger partial charge on any atom is 0.145 e. The van der Waals surface area contributed by atoms with Gasteiger partial charge in [-0.2, -0.15) is 5.26 Å². The summed E-state index contributed by atoms with van der Waals surface area (Å²) >= 11 is 5.95. The molecule has 19 heavy (non-hydrogen) atoms. The predicted molar refractivity (Wildman–Crippen MR) is 74.3 cm³/mol. The van der Waals surface area contributed by atoms with E-state index in [0.29, 0.717) is 23.0 Å². The number of halogens is 1. The molecule has 4 nitrogen and oxygen atoms in total. The molecule has 0 saturated heterocycles. The summed E-state index contributed by atoms with van der Waals surface area (Å²) in [7, 11) is 1.60. The van der Waals surface area contributed by atoms with Crippen LogP contribution in [0.3, 0.4) is 0 Å². The molecular weight excluding hydrogens is 262 g/mol. The molecule has 0 aliphatic carbocycles. The summed E-state index contributed by atoms with van der Waals surface area (Å²) in [6, 6.07) is 11.1. The molecule has 0 spiro atoms. The smallest absolute Gasteiger partial charge is 0.145 e. The van der Waals surface area contributed by atoms with Gasteiger partial charge in [-0.05, 0) is 24.3 Å². The van der Waals surface area contributed by atoms with Crippen molar-refractivity contribution in [3.05, 3.63) is 52.8 Å². The molecule has 0 bridgehead atoms. The second-order valence-corrected chi connectivity index (χ2v) is 4.26. The molecule has 0 saturated carbocycles. The molecule has 1 heterocycles. The first kappa shape index (κ1) is 13.2. The molecule has 2 rings (SSSR count). The van der Waals surface area contributed by atoms with Crippen molar-refractivity contribution in [3.8, 4) is 11.8 Å². The van der Waals surface area contributed by atoms with Gasteiger partial charge in [0.2, 0.25) is 0 Å². The highest BCUT2D eigenvalue weighted by molar-refractivity contribution is 6.30. The number of methoxy groups -OCH3 is 1. The summed E-state index contributed by atoms with van der Waals surface area (Å²) in [6.45, 7) is 0.480. The Labute approximate surface area is 116 Å². The van der Waals surface area contributed by atoms with Gasteiger partial charge >= 0.3 is 0 Å². The van der Waals surface area contributed by atoms with Crippen molar-refractivity contribution in [2.75, 3.05) is 12.4 Å². The van der Waals surface area contributed by atoms with Gasteiger partial charge in [-0.25, -0.2) is 4.98 Å². The highest BCUT2D eigenvalue weighted by Crippen LogP contribution is 2.28. The van der Waals surface area contributed by atoms with Crippen molar-refractivity contribution >= 4 is 17.3 Å². The van der Waals surface area contributed by atoms with Gasteiger partial charge in [0.05, 0.1) is 12.8 Å². The Morgan fingerprint density at radius 2 is 2.26 bits per heavy atom. The Balaban J connectivity index is 2.19. The molecule has 0 aliphatic heterocycles. The Morgan fingerprint density at radius 1 is 1.42 bits per heavy atom. The van der Waals surface area contributed by atoms with E-state index in [1.54, 1.807) is 37.6 Å². The number of pyridine rings is 1.